The van der Waals surface area contributed by atoms with Gasteiger partial charge in [-0.25, -0.2) is 0 Å². The van der Waals surface area contributed by atoms with Crippen LogP contribution in [0.25, 0.3) is 43.7 Å². The average Bonchev–Trinajstić information content (AvgIpc) is 3.78. The van der Waals surface area contributed by atoms with Gasteiger partial charge in [0.15, 0.2) is 0 Å². The van der Waals surface area contributed by atoms with Gasteiger partial charge in [0.2, 0.25) is 0 Å². The van der Waals surface area contributed by atoms with Crippen LogP contribution in [0.3, 0.4) is 0 Å². The van der Waals surface area contributed by atoms with E-state index in [9.17, 15) is 0 Å². The summed E-state index contributed by atoms with van der Waals surface area (Å²) in [5.74, 6) is 1.55. The Labute approximate surface area is 381 Å². The van der Waals surface area contributed by atoms with E-state index in [0.717, 1.165) is 22.9 Å². The molecule has 0 fully saturated rings. The van der Waals surface area contributed by atoms with Crippen LogP contribution in [0, 0.1) is 25.7 Å². The SMILES string of the molecule is CCCCCCCCC(CCCCCCCC)Cc1ccc2c(-c3ccc(C)c4n[se]nc34)c3cc(CC(CCCCCCCC)CCCCCCCC)ccc3c(C)c2c1. The minimum atomic E-state index is -0.0703. The van der Waals surface area contributed by atoms with Crippen LogP contribution in [0.1, 0.15) is 230 Å². The Balaban J connectivity index is 1.47. The van der Waals surface area contributed by atoms with Gasteiger partial charge in [0.1, 0.15) is 0 Å². The molecule has 0 saturated carbocycles. The number of fused-ring (bicyclic) bond motifs is 3. The first kappa shape index (κ1) is 49.5. The zero-order chi connectivity index (χ0) is 43.1. The van der Waals surface area contributed by atoms with Gasteiger partial charge in [0.25, 0.3) is 0 Å². The van der Waals surface area contributed by atoms with Crippen molar-refractivity contribution in [3.05, 3.63) is 70.8 Å². The van der Waals surface area contributed by atoms with Crippen molar-refractivity contribution in [2.75, 3.05) is 0 Å². The summed E-state index contributed by atoms with van der Waals surface area (Å²) in [6, 6.07) is 19.9. The molecule has 0 amide bonds. The number of unbranched alkanes of at least 4 members (excludes halogenated alkanes) is 20. The van der Waals surface area contributed by atoms with Crippen LogP contribution < -0.4 is 0 Å². The van der Waals surface area contributed by atoms with Crippen molar-refractivity contribution in [2.24, 2.45) is 11.8 Å². The molecule has 3 heteroatoms. The molecule has 0 aliphatic heterocycles. The maximum atomic E-state index is 5.12. The molecule has 0 atom stereocenters. The predicted octanol–water partition coefficient (Wildman–Crippen LogP) is 18.6. The summed E-state index contributed by atoms with van der Waals surface area (Å²) in [4.78, 5) is 0. The molecule has 4 aromatic carbocycles. The van der Waals surface area contributed by atoms with E-state index >= 15 is 0 Å². The summed E-state index contributed by atoms with van der Waals surface area (Å²) in [7, 11) is 0. The van der Waals surface area contributed by atoms with Gasteiger partial charge in [-0.2, -0.15) is 0 Å². The molecule has 1 aromatic heterocycles. The molecule has 336 valence electrons. The van der Waals surface area contributed by atoms with E-state index in [0.29, 0.717) is 0 Å². The van der Waals surface area contributed by atoms with Gasteiger partial charge < -0.3 is 0 Å². The molecule has 5 aromatic rings. The normalized spacial score (nSPS) is 12.1. The van der Waals surface area contributed by atoms with Gasteiger partial charge >= 0.3 is 240 Å². The summed E-state index contributed by atoms with van der Waals surface area (Å²) >= 11 is -0.0703. The minimum absolute atomic E-state index is 0.0703. The first-order chi connectivity index (χ1) is 30.0. The number of rotatable bonds is 33. The topological polar surface area (TPSA) is 25.8 Å². The maximum absolute atomic E-state index is 5.12. The number of aromatic nitrogens is 2. The van der Waals surface area contributed by atoms with E-state index in [1.807, 2.05) is 0 Å². The number of hydrogen-bond donors (Lipinski definition) is 0. The van der Waals surface area contributed by atoms with Crippen LogP contribution in [0.2, 0.25) is 0 Å². The molecule has 1 heterocycles. The molecule has 0 bridgehead atoms. The molecule has 0 radical (unpaired) electrons. The summed E-state index contributed by atoms with van der Waals surface area (Å²) in [6.45, 7) is 13.9. The van der Waals surface area contributed by atoms with Crippen LogP contribution in [-0.4, -0.2) is 22.9 Å². The number of nitrogens with zero attached hydrogens (tertiary/aromatic N) is 2. The van der Waals surface area contributed by atoms with Gasteiger partial charge in [0, 0.05) is 0 Å². The molecular weight excluding hydrogens is 804 g/mol. The van der Waals surface area contributed by atoms with Gasteiger partial charge in [-0.15, -0.1) is 0 Å². The molecular formula is C58H88N2Se. The third-order valence-electron chi connectivity index (χ3n) is 14.3. The van der Waals surface area contributed by atoms with E-state index in [1.165, 1.54) is 248 Å². The Hall–Kier alpha value is -2.48. The van der Waals surface area contributed by atoms with Crippen molar-refractivity contribution < 1.29 is 0 Å². The van der Waals surface area contributed by atoms with E-state index in [2.05, 4.69) is 90.1 Å². The summed E-state index contributed by atoms with van der Waals surface area (Å²) in [5, 5.41) is 5.66. The number of benzene rings is 4. The second-order valence-electron chi connectivity index (χ2n) is 19.5. The van der Waals surface area contributed by atoms with Crippen molar-refractivity contribution in [3.8, 4) is 11.1 Å². The quantitative estimate of drug-likeness (QED) is 0.0238. The fourth-order valence-corrected chi connectivity index (χ4v) is 11.8. The Morgan fingerprint density at radius 3 is 1.30 bits per heavy atom. The molecule has 0 unspecified atom stereocenters. The fraction of sp³-hybridized carbons (Fsp3) is 0.655. The van der Waals surface area contributed by atoms with Gasteiger partial charge in [0.05, 0.1) is 0 Å². The summed E-state index contributed by atoms with van der Waals surface area (Å²) in [6.07, 6.45) is 41.2. The molecule has 5 rings (SSSR count). The van der Waals surface area contributed by atoms with Gasteiger partial charge in [-0.1, -0.05) is 143 Å². The zero-order valence-corrected chi connectivity index (χ0v) is 42.0. The first-order valence-electron chi connectivity index (χ1n) is 26.2. The van der Waals surface area contributed by atoms with Gasteiger partial charge in [-0.05, 0) is 0 Å². The standard InChI is InChI=1S/C58H88N2Se/c1-7-11-15-19-23-27-31-47(32-28-24-20-16-12-8-2)41-49-37-40-52-54(43-49)46(6)51-39-36-50(44-55(51)56(52)53-38-35-45(5)57-58(53)60-61-59-57)42-48(33-29-25-21-17-13-9-3)34-30-26-22-18-14-10-4/h35-40,43-44,47-48H,7-34,41-42H2,1-6H3. The Morgan fingerprint density at radius 2 is 0.820 bits per heavy atom. The second-order valence-corrected chi connectivity index (χ2v) is 20.6. The Morgan fingerprint density at radius 1 is 0.410 bits per heavy atom. The van der Waals surface area contributed by atoms with Crippen molar-refractivity contribution in [1.82, 2.24) is 7.96 Å². The number of aryl methyl sites for hydroxylation is 2. The van der Waals surface area contributed by atoms with E-state index in [-0.39, 0.29) is 15.0 Å². The fourth-order valence-electron chi connectivity index (χ4n) is 10.5. The van der Waals surface area contributed by atoms with E-state index in [1.54, 1.807) is 0 Å². The third kappa shape index (κ3) is 15.6. The summed E-state index contributed by atoms with van der Waals surface area (Å²) < 4.78 is 10.1. The Kier molecular flexibility index (Phi) is 23.0. The van der Waals surface area contributed by atoms with E-state index in [4.69, 9.17) is 7.96 Å². The van der Waals surface area contributed by atoms with Crippen molar-refractivity contribution in [2.45, 2.75) is 234 Å². The van der Waals surface area contributed by atoms with Crippen LogP contribution in [0.15, 0.2) is 48.5 Å². The molecule has 61 heavy (non-hydrogen) atoms. The zero-order valence-electron chi connectivity index (χ0n) is 40.3. The molecule has 2 nitrogen and oxygen atoms in total. The first-order valence-corrected chi connectivity index (χ1v) is 27.7. The monoisotopic (exact) mass is 893 g/mol. The molecule has 0 N–H and O–H groups in total. The predicted molar refractivity (Wildman–Crippen MR) is 273 cm³/mol. The van der Waals surface area contributed by atoms with Crippen molar-refractivity contribution in [3.63, 3.8) is 0 Å². The van der Waals surface area contributed by atoms with Crippen molar-refractivity contribution >= 4 is 47.5 Å². The second kappa shape index (κ2) is 28.3. The van der Waals surface area contributed by atoms with Crippen LogP contribution >= 0.6 is 0 Å². The third-order valence-corrected chi connectivity index (χ3v) is 15.4. The van der Waals surface area contributed by atoms with E-state index < -0.39 is 0 Å². The van der Waals surface area contributed by atoms with Crippen molar-refractivity contribution in [1.29, 1.82) is 0 Å². The molecule has 0 aliphatic carbocycles. The van der Waals surface area contributed by atoms with Crippen LogP contribution in [0.4, 0.5) is 0 Å². The summed E-state index contributed by atoms with van der Waals surface area (Å²) in [5.41, 5.74) is 10.7. The average molecular weight is 892 g/mol. The molecule has 0 aliphatic rings. The molecule has 0 saturated heterocycles. The molecule has 0 spiro atoms. The van der Waals surface area contributed by atoms with Gasteiger partial charge in [-0.3, -0.25) is 0 Å². The Bertz CT molecular complexity index is 1940. The number of hydrogen-bond acceptors (Lipinski definition) is 2. The van der Waals surface area contributed by atoms with Crippen LogP contribution in [-0.2, 0) is 12.8 Å². The van der Waals surface area contributed by atoms with Crippen LogP contribution in [0.5, 0.6) is 0 Å².